The summed E-state index contributed by atoms with van der Waals surface area (Å²) in [5.74, 6) is 0. The molecule has 0 radical (unpaired) electrons. The van der Waals surface area contributed by atoms with Gasteiger partial charge in [0.2, 0.25) is 0 Å². The van der Waals surface area contributed by atoms with Crippen LogP contribution < -0.4 is 5.32 Å². The third kappa shape index (κ3) is 4.47. The number of nitrogens with one attached hydrogen (secondary N) is 1. The quantitative estimate of drug-likeness (QED) is 0.518. The van der Waals surface area contributed by atoms with E-state index in [0.29, 0.717) is 0 Å². The second kappa shape index (κ2) is 6.20. The fourth-order valence-electron chi connectivity index (χ4n) is 1.90. The molecule has 1 heteroatoms. The molecule has 76 valence electrons. The van der Waals surface area contributed by atoms with Gasteiger partial charge in [0.25, 0.3) is 0 Å². The Bertz CT molecular complexity index is 143. The second-order valence-corrected chi connectivity index (χ2v) is 4.17. The third-order valence-electron chi connectivity index (χ3n) is 3.00. The summed E-state index contributed by atoms with van der Waals surface area (Å²) in [7, 11) is 0. The van der Waals surface area contributed by atoms with Crippen LogP contribution >= 0.6 is 0 Å². The van der Waals surface area contributed by atoms with Gasteiger partial charge in [-0.25, -0.2) is 0 Å². The van der Waals surface area contributed by atoms with E-state index >= 15 is 0 Å². The van der Waals surface area contributed by atoms with Crippen molar-refractivity contribution in [2.24, 2.45) is 0 Å². The lowest BCUT2D eigenvalue weighted by Crippen LogP contribution is -2.29. The minimum Gasteiger partial charge on any atom is -0.310 e. The fraction of sp³-hybridized carbons (Fsp3) is 0.833. The van der Waals surface area contributed by atoms with Gasteiger partial charge < -0.3 is 5.32 Å². The Morgan fingerprint density at radius 1 is 1.23 bits per heavy atom. The van der Waals surface area contributed by atoms with Crippen molar-refractivity contribution in [1.82, 2.24) is 5.32 Å². The van der Waals surface area contributed by atoms with Crippen LogP contribution in [0.15, 0.2) is 12.2 Å². The Morgan fingerprint density at radius 3 is 2.38 bits per heavy atom. The molecule has 0 aliphatic heterocycles. The van der Waals surface area contributed by atoms with E-state index in [2.05, 4.69) is 18.8 Å². The van der Waals surface area contributed by atoms with Gasteiger partial charge in [0.05, 0.1) is 0 Å². The number of hydrogen-bond acceptors (Lipinski definition) is 1. The molecule has 0 heterocycles. The first kappa shape index (κ1) is 10.8. The predicted octanol–water partition coefficient (Wildman–Crippen LogP) is 3.27. The normalized spacial score (nSPS) is 19.8. The standard InChI is InChI=1S/C12H23N/c1-3-11(2)10-13-12-8-6-4-5-7-9-12/h12-13H,2-10H2,1H3. The Labute approximate surface area is 82.6 Å². The lowest BCUT2D eigenvalue weighted by molar-refractivity contribution is 0.475. The van der Waals surface area contributed by atoms with Crippen LogP contribution in [0.25, 0.3) is 0 Å². The monoisotopic (exact) mass is 181 g/mol. The summed E-state index contributed by atoms with van der Waals surface area (Å²) in [6.07, 6.45) is 9.56. The Balaban J connectivity index is 2.15. The van der Waals surface area contributed by atoms with Gasteiger partial charge in [-0.1, -0.05) is 44.8 Å². The van der Waals surface area contributed by atoms with Crippen molar-refractivity contribution in [2.75, 3.05) is 6.54 Å². The van der Waals surface area contributed by atoms with Crippen molar-refractivity contribution in [2.45, 2.75) is 57.9 Å². The van der Waals surface area contributed by atoms with Gasteiger partial charge in [-0.2, -0.15) is 0 Å². The highest BCUT2D eigenvalue weighted by atomic mass is 14.9. The largest absolute Gasteiger partial charge is 0.310 e. The molecule has 0 atom stereocenters. The van der Waals surface area contributed by atoms with Crippen LogP contribution in [0.1, 0.15) is 51.9 Å². The molecular weight excluding hydrogens is 158 g/mol. The molecule has 1 nitrogen and oxygen atoms in total. The van der Waals surface area contributed by atoms with E-state index in [4.69, 9.17) is 0 Å². The smallest absolute Gasteiger partial charge is 0.0164 e. The van der Waals surface area contributed by atoms with Crippen LogP contribution in [0, 0.1) is 0 Å². The molecule has 1 aliphatic carbocycles. The highest BCUT2D eigenvalue weighted by Crippen LogP contribution is 2.17. The molecule has 0 saturated heterocycles. The first-order valence-electron chi connectivity index (χ1n) is 5.73. The van der Waals surface area contributed by atoms with E-state index < -0.39 is 0 Å². The van der Waals surface area contributed by atoms with Crippen LogP contribution in [0.5, 0.6) is 0 Å². The van der Waals surface area contributed by atoms with Crippen molar-refractivity contribution in [3.8, 4) is 0 Å². The molecule has 0 aromatic heterocycles. The van der Waals surface area contributed by atoms with E-state index in [-0.39, 0.29) is 0 Å². The van der Waals surface area contributed by atoms with Gasteiger partial charge in [0.1, 0.15) is 0 Å². The number of rotatable bonds is 4. The molecule has 13 heavy (non-hydrogen) atoms. The molecule has 1 N–H and O–H groups in total. The highest BCUT2D eigenvalue weighted by Gasteiger charge is 2.10. The second-order valence-electron chi connectivity index (χ2n) is 4.17. The molecule has 0 bridgehead atoms. The van der Waals surface area contributed by atoms with Crippen LogP contribution in [0.2, 0.25) is 0 Å². The Morgan fingerprint density at radius 2 is 1.85 bits per heavy atom. The summed E-state index contributed by atoms with van der Waals surface area (Å²) < 4.78 is 0. The average molecular weight is 181 g/mol. The third-order valence-corrected chi connectivity index (χ3v) is 3.00. The zero-order valence-corrected chi connectivity index (χ0v) is 8.94. The van der Waals surface area contributed by atoms with Crippen LogP contribution in [0.3, 0.4) is 0 Å². The maximum Gasteiger partial charge on any atom is 0.0164 e. The summed E-state index contributed by atoms with van der Waals surface area (Å²) in [5, 5.41) is 3.61. The molecule has 1 rings (SSSR count). The summed E-state index contributed by atoms with van der Waals surface area (Å²) in [6.45, 7) is 7.23. The van der Waals surface area contributed by atoms with Gasteiger partial charge in [-0.05, 0) is 19.3 Å². The summed E-state index contributed by atoms with van der Waals surface area (Å²) >= 11 is 0. The van der Waals surface area contributed by atoms with Crippen molar-refractivity contribution in [1.29, 1.82) is 0 Å². The summed E-state index contributed by atoms with van der Waals surface area (Å²) in [4.78, 5) is 0. The van der Waals surface area contributed by atoms with Crippen molar-refractivity contribution in [3.05, 3.63) is 12.2 Å². The Hall–Kier alpha value is -0.300. The first-order chi connectivity index (χ1) is 6.33. The first-order valence-corrected chi connectivity index (χ1v) is 5.73. The SMILES string of the molecule is C=C(CC)CNC1CCCCCC1. The van der Waals surface area contributed by atoms with Crippen LogP contribution in [-0.2, 0) is 0 Å². The molecule has 1 saturated carbocycles. The summed E-state index contributed by atoms with van der Waals surface area (Å²) in [5.41, 5.74) is 1.34. The number of hydrogen-bond donors (Lipinski definition) is 1. The molecule has 0 aromatic rings. The average Bonchev–Trinajstić information content (AvgIpc) is 2.42. The topological polar surface area (TPSA) is 12.0 Å². The van der Waals surface area contributed by atoms with E-state index in [1.54, 1.807) is 0 Å². The van der Waals surface area contributed by atoms with Crippen LogP contribution in [-0.4, -0.2) is 12.6 Å². The maximum absolute atomic E-state index is 4.02. The van der Waals surface area contributed by atoms with Crippen molar-refractivity contribution >= 4 is 0 Å². The van der Waals surface area contributed by atoms with E-state index in [1.807, 2.05) is 0 Å². The molecule has 1 fully saturated rings. The van der Waals surface area contributed by atoms with Gasteiger partial charge in [0, 0.05) is 12.6 Å². The maximum atomic E-state index is 4.02. The minimum absolute atomic E-state index is 0.769. The molecule has 0 amide bonds. The summed E-state index contributed by atoms with van der Waals surface area (Å²) in [6, 6.07) is 0.769. The molecule has 0 unspecified atom stereocenters. The van der Waals surface area contributed by atoms with E-state index in [1.165, 1.54) is 44.1 Å². The predicted molar refractivity (Wildman–Crippen MR) is 58.9 cm³/mol. The van der Waals surface area contributed by atoms with Crippen LogP contribution in [0.4, 0.5) is 0 Å². The lowest BCUT2D eigenvalue weighted by Gasteiger charge is -2.16. The van der Waals surface area contributed by atoms with E-state index in [9.17, 15) is 0 Å². The van der Waals surface area contributed by atoms with Gasteiger partial charge in [-0.3, -0.25) is 0 Å². The molecule has 1 aliphatic rings. The van der Waals surface area contributed by atoms with Crippen molar-refractivity contribution < 1.29 is 0 Å². The zero-order valence-electron chi connectivity index (χ0n) is 8.94. The lowest BCUT2D eigenvalue weighted by atomic mass is 10.1. The van der Waals surface area contributed by atoms with E-state index in [0.717, 1.165) is 19.0 Å². The highest BCUT2D eigenvalue weighted by molar-refractivity contribution is 4.95. The van der Waals surface area contributed by atoms with Gasteiger partial charge in [0.15, 0.2) is 0 Å². The van der Waals surface area contributed by atoms with Gasteiger partial charge >= 0.3 is 0 Å². The molecule has 0 spiro atoms. The minimum atomic E-state index is 0.769. The molecule has 0 aromatic carbocycles. The zero-order chi connectivity index (χ0) is 9.52. The fourth-order valence-corrected chi connectivity index (χ4v) is 1.90. The molecular formula is C12H23N. The van der Waals surface area contributed by atoms with Crippen molar-refractivity contribution in [3.63, 3.8) is 0 Å². The Kier molecular flexibility index (Phi) is 5.14. The van der Waals surface area contributed by atoms with Gasteiger partial charge in [-0.15, -0.1) is 0 Å².